The van der Waals surface area contributed by atoms with E-state index in [1.807, 2.05) is 47.4 Å². The standard InChI is InChI=1S/C23H27NO3/c1-26-18-12-13-23(27-2)14-15-24(21(23)16-18)22(25)20-11-7-6-10-19(20)17-8-4-3-5-9-17/h3-11,18,21H,12-16H2,1-2H3/t18-,21+,23-/m1/s1. The van der Waals surface area contributed by atoms with Crippen LogP contribution in [0, 0.1) is 0 Å². The third-order valence-corrected chi connectivity index (χ3v) is 6.38. The van der Waals surface area contributed by atoms with Gasteiger partial charge in [-0.2, -0.15) is 0 Å². The van der Waals surface area contributed by atoms with Crippen LogP contribution in [0.1, 0.15) is 36.0 Å². The Morgan fingerprint density at radius 3 is 2.52 bits per heavy atom. The fourth-order valence-electron chi connectivity index (χ4n) is 4.81. The fraction of sp³-hybridized carbons (Fsp3) is 0.435. The number of hydrogen-bond acceptors (Lipinski definition) is 3. The molecule has 3 atom stereocenters. The number of ether oxygens (including phenoxy) is 2. The maximum atomic E-state index is 13.6. The summed E-state index contributed by atoms with van der Waals surface area (Å²) in [6, 6.07) is 18.1. The fourth-order valence-corrected chi connectivity index (χ4v) is 4.81. The number of nitrogens with zero attached hydrogens (tertiary/aromatic N) is 1. The maximum absolute atomic E-state index is 13.6. The van der Waals surface area contributed by atoms with E-state index in [-0.39, 0.29) is 23.7 Å². The van der Waals surface area contributed by atoms with Crippen molar-refractivity contribution < 1.29 is 14.3 Å². The highest BCUT2D eigenvalue weighted by atomic mass is 16.5. The molecule has 1 saturated heterocycles. The van der Waals surface area contributed by atoms with Gasteiger partial charge < -0.3 is 14.4 Å². The monoisotopic (exact) mass is 365 g/mol. The second-order valence-corrected chi connectivity index (χ2v) is 7.58. The molecule has 0 bridgehead atoms. The van der Waals surface area contributed by atoms with Crippen LogP contribution in [0.5, 0.6) is 0 Å². The number of carbonyl (C=O) groups excluding carboxylic acids is 1. The second kappa shape index (κ2) is 7.45. The van der Waals surface area contributed by atoms with E-state index in [4.69, 9.17) is 9.47 Å². The number of amides is 1. The lowest BCUT2D eigenvalue weighted by Gasteiger charge is -2.43. The summed E-state index contributed by atoms with van der Waals surface area (Å²) in [5.74, 6) is 0.0927. The summed E-state index contributed by atoms with van der Waals surface area (Å²) in [7, 11) is 3.54. The van der Waals surface area contributed by atoms with Gasteiger partial charge in [-0.1, -0.05) is 48.5 Å². The highest BCUT2D eigenvalue weighted by molar-refractivity contribution is 6.01. The Balaban J connectivity index is 1.68. The van der Waals surface area contributed by atoms with Crippen molar-refractivity contribution in [2.45, 2.75) is 43.4 Å². The molecule has 1 amide bonds. The number of likely N-dealkylation sites (tertiary alicyclic amines) is 1. The lowest BCUT2D eigenvalue weighted by molar-refractivity contribution is -0.0893. The van der Waals surface area contributed by atoms with Crippen molar-refractivity contribution in [1.29, 1.82) is 0 Å². The number of methoxy groups -OCH3 is 2. The number of carbonyl (C=O) groups is 1. The van der Waals surface area contributed by atoms with Crippen LogP contribution in [-0.4, -0.2) is 49.3 Å². The lowest BCUT2D eigenvalue weighted by Crippen LogP contribution is -2.53. The van der Waals surface area contributed by atoms with Gasteiger partial charge in [0.05, 0.1) is 17.7 Å². The SMILES string of the molecule is CO[C@@H]1CC[C@@]2(OC)CCN(C(=O)c3ccccc3-c3ccccc3)[C@H]2C1. The lowest BCUT2D eigenvalue weighted by atomic mass is 9.79. The van der Waals surface area contributed by atoms with Crippen LogP contribution in [0.3, 0.4) is 0 Å². The molecule has 1 aliphatic carbocycles. The predicted octanol–water partition coefficient (Wildman–Crippen LogP) is 4.15. The van der Waals surface area contributed by atoms with Gasteiger partial charge in [0.25, 0.3) is 5.91 Å². The smallest absolute Gasteiger partial charge is 0.254 e. The van der Waals surface area contributed by atoms with Gasteiger partial charge in [0.15, 0.2) is 0 Å². The maximum Gasteiger partial charge on any atom is 0.254 e. The summed E-state index contributed by atoms with van der Waals surface area (Å²) in [5.41, 5.74) is 2.58. The minimum atomic E-state index is -0.230. The van der Waals surface area contributed by atoms with E-state index < -0.39 is 0 Å². The average molecular weight is 365 g/mol. The Labute approximate surface area is 161 Å². The van der Waals surface area contributed by atoms with Gasteiger partial charge >= 0.3 is 0 Å². The van der Waals surface area contributed by atoms with E-state index in [1.165, 1.54) is 0 Å². The van der Waals surface area contributed by atoms with E-state index in [1.54, 1.807) is 14.2 Å². The molecule has 2 aromatic carbocycles. The molecular weight excluding hydrogens is 338 g/mol. The van der Waals surface area contributed by atoms with Gasteiger partial charge in [-0.25, -0.2) is 0 Å². The van der Waals surface area contributed by atoms with Crippen LogP contribution in [0.25, 0.3) is 11.1 Å². The molecule has 4 heteroatoms. The zero-order valence-electron chi connectivity index (χ0n) is 16.1. The molecule has 2 aromatic rings. The van der Waals surface area contributed by atoms with Crippen LogP contribution in [0.2, 0.25) is 0 Å². The Hall–Kier alpha value is -2.17. The molecule has 2 aliphatic rings. The molecule has 4 nitrogen and oxygen atoms in total. The third-order valence-electron chi connectivity index (χ3n) is 6.38. The Kier molecular flexibility index (Phi) is 5.02. The van der Waals surface area contributed by atoms with Crippen molar-refractivity contribution in [1.82, 2.24) is 4.90 Å². The Bertz CT molecular complexity index is 806. The number of benzene rings is 2. The van der Waals surface area contributed by atoms with Gasteiger partial charge in [-0.05, 0) is 42.9 Å². The summed E-state index contributed by atoms with van der Waals surface area (Å²) in [6.45, 7) is 0.733. The summed E-state index contributed by atoms with van der Waals surface area (Å²) in [5, 5.41) is 0. The largest absolute Gasteiger partial charge is 0.381 e. The molecule has 0 radical (unpaired) electrons. The first-order chi connectivity index (χ1) is 13.2. The van der Waals surface area contributed by atoms with Crippen molar-refractivity contribution >= 4 is 5.91 Å². The molecule has 1 saturated carbocycles. The van der Waals surface area contributed by atoms with Gasteiger partial charge in [0, 0.05) is 26.3 Å². The van der Waals surface area contributed by atoms with Crippen LogP contribution >= 0.6 is 0 Å². The van der Waals surface area contributed by atoms with Gasteiger partial charge in [-0.15, -0.1) is 0 Å². The molecule has 0 N–H and O–H groups in total. The van der Waals surface area contributed by atoms with Gasteiger partial charge in [0.1, 0.15) is 0 Å². The first-order valence-corrected chi connectivity index (χ1v) is 9.72. The Morgan fingerprint density at radius 2 is 1.78 bits per heavy atom. The minimum Gasteiger partial charge on any atom is -0.381 e. The summed E-state index contributed by atoms with van der Waals surface area (Å²) in [6.07, 6.45) is 3.85. The summed E-state index contributed by atoms with van der Waals surface area (Å²) >= 11 is 0. The van der Waals surface area contributed by atoms with Crippen molar-refractivity contribution in [3.63, 3.8) is 0 Å². The molecule has 1 heterocycles. The van der Waals surface area contributed by atoms with E-state index in [0.29, 0.717) is 0 Å². The van der Waals surface area contributed by atoms with E-state index in [0.717, 1.165) is 48.9 Å². The highest BCUT2D eigenvalue weighted by Gasteiger charge is 2.52. The normalized spacial score (nSPS) is 27.4. The Morgan fingerprint density at radius 1 is 1.04 bits per heavy atom. The molecule has 142 valence electrons. The van der Waals surface area contributed by atoms with Crippen LogP contribution in [-0.2, 0) is 9.47 Å². The van der Waals surface area contributed by atoms with Crippen molar-refractivity contribution in [3.8, 4) is 11.1 Å². The summed E-state index contributed by atoms with van der Waals surface area (Å²) < 4.78 is 11.6. The molecule has 1 aliphatic heterocycles. The van der Waals surface area contributed by atoms with Crippen LogP contribution in [0.4, 0.5) is 0 Å². The highest BCUT2D eigenvalue weighted by Crippen LogP contribution is 2.44. The quantitative estimate of drug-likeness (QED) is 0.817. The number of rotatable bonds is 4. The predicted molar refractivity (Wildman–Crippen MR) is 106 cm³/mol. The molecule has 0 unspecified atom stereocenters. The zero-order valence-corrected chi connectivity index (χ0v) is 16.1. The van der Waals surface area contributed by atoms with Gasteiger partial charge in [0.2, 0.25) is 0 Å². The molecular formula is C23H27NO3. The number of fused-ring (bicyclic) bond motifs is 1. The van der Waals surface area contributed by atoms with Gasteiger partial charge in [-0.3, -0.25) is 4.79 Å². The molecule has 4 rings (SSSR count). The summed E-state index contributed by atoms with van der Waals surface area (Å²) in [4.78, 5) is 15.6. The number of hydrogen-bond donors (Lipinski definition) is 0. The average Bonchev–Trinajstić information content (AvgIpc) is 3.13. The zero-order chi connectivity index (χ0) is 18.9. The third kappa shape index (κ3) is 3.17. The molecule has 27 heavy (non-hydrogen) atoms. The van der Waals surface area contributed by atoms with Crippen molar-refractivity contribution in [2.75, 3.05) is 20.8 Å². The van der Waals surface area contributed by atoms with E-state index in [2.05, 4.69) is 12.1 Å². The first kappa shape index (κ1) is 18.2. The molecule has 0 spiro atoms. The van der Waals surface area contributed by atoms with Crippen LogP contribution in [0.15, 0.2) is 54.6 Å². The van der Waals surface area contributed by atoms with Crippen molar-refractivity contribution in [2.24, 2.45) is 0 Å². The van der Waals surface area contributed by atoms with Crippen LogP contribution < -0.4 is 0 Å². The van der Waals surface area contributed by atoms with E-state index in [9.17, 15) is 4.79 Å². The first-order valence-electron chi connectivity index (χ1n) is 9.72. The molecule has 0 aromatic heterocycles. The molecule has 2 fully saturated rings. The topological polar surface area (TPSA) is 38.8 Å². The van der Waals surface area contributed by atoms with Crippen molar-refractivity contribution in [3.05, 3.63) is 60.2 Å². The second-order valence-electron chi connectivity index (χ2n) is 7.58. The van der Waals surface area contributed by atoms with E-state index >= 15 is 0 Å². The minimum absolute atomic E-state index is 0.0672.